The van der Waals surface area contributed by atoms with Crippen LogP contribution >= 0.6 is 0 Å². The van der Waals surface area contributed by atoms with Crippen LogP contribution in [-0.2, 0) is 21.0 Å². The van der Waals surface area contributed by atoms with E-state index in [1.54, 1.807) is 19.1 Å². The molecule has 1 aliphatic rings. The van der Waals surface area contributed by atoms with Gasteiger partial charge in [0.25, 0.3) is 0 Å². The molecule has 0 bridgehead atoms. The first-order chi connectivity index (χ1) is 14.0. The number of nitrogens with zero attached hydrogens (tertiary/aromatic N) is 1. The molecule has 0 aromatic heterocycles. The molecular weight excluding hydrogens is 421 g/mol. The summed E-state index contributed by atoms with van der Waals surface area (Å²) in [6, 6.07) is 8.86. The summed E-state index contributed by atoms with van der Waals surface area (Å²) < 4.78 is 66.2. The van der Waals surface area contributed by atoms with Gasteiger partial charge in [0.2, 0.25) is 15.9 Å². The predicted molar refractivity (Wildman–Crippen MR) is 104 cm³/mol. The van der Waals surface area contributed by atoms with Crippen LogP contribution in [0, 0.1) is 12.8 Å². The van der Waals surface area contributed by atoms with Crippen molar-refractivity contribution in [3.05, 3.63) is 53.6 Å². The van der Waals surface area contributed by atoms with Gasteiger partial charge in [-0.25, -0.2) is 8.42 Å². The zero-order chi connectivity index (χ0) is 22.1. The van der Waals surface area contributed by atoms with Crippen LogP contribution in [0.4, 0.5) is 18.9 Å². The molecule has 0 unspecified atom stereocenters. The molecule has 1 amide bonds. The highest BCUT2D eigenvalue weighted by Crippen LogP contribution is 2.36. The first kappa shape index (κ1) is 22.1. The lowest BCUT2D eigenvalue weighted by Crippen LogP contribution is -2.41. The van der Waals surface area contributed by atoms with Crippen LogP contribution in [0.5, 0.6) is 5.75 Å². The molecule has 2 N–H and O–H groups in total. The van der Waals surface area contributed by atoms with E-state index in [0.717, 1.165) is 28.1 Å². The van der Waals surface area contributed by atoms with Crippen LogP contribution in [0.15, 0.2) is 47.4 Å². The summed E-state index contributed by atoms with van der Waals surface area (Å²) >= 11 is 0. The minimum atomic E-state index is -4.79. The van der Waals surface area contributed by atoms with E-state index in [-0.39, 0.29) is 43.3 Å². The standard InChI is InChI=1S/C20H21F3N2O4S/c1-13-6-7-16(17(26)12-13)24-19(27)14-8-10-25(11-9-14)30(28,29)18-5-3-2-4-15(18)20(21,22)23/h2-7,12,14,26H,8-11H2,1H3,(H,24,27). The van der Waals surface area contributed by atoms with E-state index in [1.807, 2.05) is 0 Å². The van der Waals surface area contributed by atoms with Crippen LogP contribution in [0.3, 0.4) is 0 Å². The monoisotopic (exact) mass is 442 g/mol. The predicted octanol–water partition coefficient (Wildman–Crippen LogP) is 3.76. The van der Waals surface area contributed by atoms with Gasteiger partial charge < -0.3 is 10.4 Å². The average Bonchev–Trinajstić information content (AvgIpc) is 2.69. The third-order valence-electron chi connectivity index (χ3n) is 5.05. The van der Waals surface area contributed by atoms with E-state index >= 15 is 0 Å². The third-order valence-corrected chi connectivity index (χ3v) is 7.00. The average molecular weight is 442 g/mol. The molecule has 1 saturated heterocycles. The van der Waals surface area contributed by atoms with Crippen LogP contribution < -0.4 is 5.32 Å². The summed E-state index contributed by atoms with van der Waals surface area (Å²) in [5.74, 6) is -0.968. The van der Waals surface area contributed by atoms with E-state index in [0.29, 0.717) is 0 Å². The zero-order valence-corrected chi connectivity index (χ0v) is 16.9. The minimum absolute atomic E-state index is 0.0767. The van der Waals surface area contributed by atoms with Gasteiger partial charge in [0.05, 0.1) is 16.1 Å². The Morgan fingerprint density at radius 2 is 1.77 bits per heavy atom. The Balaban J connectivity index is 1.70. The van der Waals surface area contributed by atoms with Crippen molar-refractivity contribution < 1.29 is 31.5 Å². The molecule has 6 nitrogen and oxygen atoms in total. The van der Waals surface area contributed by atoms with Gasteiger partial charge in [0.1, 0.15) is 5.75 Å². The van der Waals surface area contributed by atoms with Crippen molar-refractivity contribution in [3.63, 3.8) is 0 Å². The lowest BCUT2D eigenvalue weighted by atomic mass is 9.97. The van der Waals surface area contributed by atoms with Crippen molar-refractivity contribution in [2.45, 2.75) is 30.8 Å². The molecule has 30 heavy (non-hydrogen) atoms. The number of benzene rings is 2. The molecule has 2 aromatic carbocycles. The fourth-order valence-corrected chi connectivity index (χ4v) is 5.09. The summed E-state index contributed by atoms with van der Waals surface area (Å²) in [6.07, 6.45) is -4.48. The number of alkyl halides is 3. The van der Waals surface area contributed by atoms with E-state index in [1.165, 1.54) is 12.1 Å². The van der Waals surface area contributed by atoms with Gasteiger partial charge in [-0.15, -0.1) is 0 Å². The number of anilines is 1. The molecular formula is C20H21F3N2O4S. The van der Waals surface area contributed by atoms with E-state index in [9.17, 15) is 31.5 Å². The molecule has 1 fully saturated rings. The van der Waals surface area contributed by atoms with Gasteiger partial charge in [0, 0.05) is 19.0 Å². The maximum Gasteiger partial charge on any atom is 0.417 e. The quantitative estimate of drug-likeness (QED) is 0.706. The van der Waals surface area contributed by atoms with Gasteiger partial charge in [0.15, 0.2) is 0 Å². The van der Waals surface area contributed by atoms with Crippen molar-refractivity contribution in [3.8, 4) is 5.75 Å². The molecule has 0 atom stereocenters. The molecule has 0 saturated carbocycles. The number of aryl methyl sites for hydroxylation is 1. The molecule has 162 valence electrons. The fraction of sp³-hybridized carbons (Fsp3) is 0.350. The number of hydrogen-bond acceptors (Lipinski definition) is 4. The number of carbonyl (C=O) groups is 1. The molecule has 2 aromatic rings. The number of aromatic hydroxyl groups is 1. The highest BCUT2D eigenvalue weighted by molar-refractivity contribution is 7.89. The normalized spacial score (nSPS) is 16.4. The molecule has 1 aliphatic heterocycles. The fourth-order valence-electron chi connectivity index (χ4n) is 3.41. The molecule has 0 radical (unpaired) electrons. The lowest BCUT2D eigenvalue weighted by Gasteiger charge is -2.31. The third kappa shape index (κ3) is 4.59. The second-order valence-electron chi connectivity index (χ2n) is 7.18. The summed E-state index contributed by atoms with van der Waals surface area (Å²) in [7, 11) is -4.35. The molecule has 10 heteroatoms. The number of phenolic OH excluding ortho intramolecular Hbond substituents is 1. The number of hydrogen-bond donors (Lipinski definition) is 2. The Morgan fingerprint density at radius 1 is 1.13 bits per heavy atom. The Morgan fingerprint density at radius 3 is 2.37 bits per heavy atom. The summed E-state index contributed by atoms with van der Waals surface area (Å²) in [6.45, 7) is 1.64. The number of carbonyl (C=O) groups excluding carboxylic acids is 1. The van der Waals surface area contributed by atoms with Crippen molar-refractivity contribution >= 4 is 21.6 Å². The van der Waals surface area contributed by atoms with Crippen molar-refractivity contribution in [2.75, 3.05) is 18.4 Å². The summed E-state index contributed by atoms with van der Waals surface area (Å²) in [5.41, 5.74) is -0.136. The number of phenols is 1. The largest absolute Gasteiger partial charge is 0.506 e. The maximum absolute atomic E-state index is 13.2. The van der Waals surface area contributed by atoms with Crippen molar-refractivity contribution in [2.24, 2.45) is 5.92 Å². The topological polar surface area (TPSA) is 86.7 Å². The zero-order valence-electron chi connectivity index (χ0n) is 16.1. The number of sulfonamides is 1. The Bertz CT molecular complexity index is 1050. The highest BCUT2D eigenvalue weighted by atomic mass is 32.2. The van der Waals surface area contributed by atoms with Gasteiger partial charge in [-0.3, -0.25) is 4.79 Å². The molecule has 3 rings (SSSR count). The summed E-state index contributed by atoms with van der Waals surface area (Å²) in [4.78, 5) is 11.7. The summed E-state index contributed by atoms with van der Waals surface area (Å²) in [5, 5.41) is 12.5. The molecule has 1 heterocycles. The van der Waals surface area contributed by atoms with Crippen LogP contribution in [-0.4, -0.2) is 36.8 Å². The van der Waals surface area contributed by atoms with Crippen molar-refractivity contribution in [1.29, 1.82) is 0 Å². The Kier molecular flexibility index (Phi) is 6.09. The van der Waals surface area contributed by atoms with Gasteiger partial charge >= 0.3 is 6.18 Å². The first-order valence-electron chi connectivity index (χ1n) is 9.27. The van der Waals surface area contributed by atoms with Gasteiger partial charge in [-0.2, -0.15) is 17.5 Å². The van der Waals surface area contributed by atoms with E-state index < -0.39 is 32.6 Å². The van der Waals surface area contributed by atoms with Crippen LogP contribution in [0.1, 0.15) is 24.0 Å². The lowest BCUT2D eigenvalue weighted by molar-refractivity contribution is -0.139. The second kappa shape index (κ2) is 8.27. The molecule has 0 aliphatic carbocycles. The van der Waals surface area contributed by atoms with E-state index in [2.05, 4.69) is 5.32 Å². The van der Waals surface area contributed by atoms with Crippen LogP contribution in [0.25, 0.3) is 0 Å². The maximum atomic E-state index is 13.2. The SMILES string of the molecule is Cc1ccc(NC(=O)C2CCN(S(=O)(=O)c3ccccc3C(F)(F)F)CC2)c(O)c1. The van der Waals surface area contributed by atoms with Gasteiger partial charge in [-0.1, -0.05) is 18.2 Å². The Labute approximate surface area is 172 Å². The van der Waals surface area contributed by atoms with E-state index in [4.69, 9.17) is 0 Å². The smallest absolute Gasteiger partial charge is 0.417 e. The van der Waals surface area contributed by atoms with Crippen molar-refractivity contribution in [1.82, 2.24) is 4.31 Å². The van der Waals surface area contributed by atoms with Crippen LogP contribution in [0.2, 0.25) is 0 Å². The number of amides is 1. The molecule has 0 spiro atoms. The number of nitrogens with one attached hydrogen (secondary N) is 1. The number of piperidine rings is 1. The minimum Gasteiger partial charge on any atom is -0.506 e. The highest BCUT2D eigenvalue weighted by Gasteiger charge is 2.40. The van der Waals surface area contributed by atoms with Gasteiger partial charge in [-0.05, 0) is 49.6 Å². The Hall–Kier alpha value is -2.59. The number of rotatable bonds is 4. The first-order valence-corrected chi connectivity index (χ1v) is 10.7. The second-order valence-corrected chi connectivity index (χ2v) is 9.09. The number of halogens is 3.